The molecule has 1 aromatic rings. The van der Waals surface area contributed by atoms with Crippen LogP contribution in [0.3, 0.4) is 0 Å². The molecule has 1 rings (SSSR count). The summed E-state index contributed by atoms with van der Waals surface area (Å²) in [6.07, 6.45) is 0.171. The molecule has 82 valence electrons. The van der Waals surface area contributed by atoms with E-state index in [1.165, 1.54) is 11.1 Å². The van der Waals surface area contributed by atoms with Gasteiger partial charge in [0.05, 0.1) is 6.42 Å². The number of carboxylic acids is 1. The SMILES string of the molecule is Cc1cccc(C)c1N(C)CCC(=O)O. The molecule has 0 heterocycles. The van der Waals surface area contributed by atoms with Crippen molar-refractivity contribution in [2.24, 2.45) is 0 Å². The van der Waals surface area contributed by atoms with Gasteiger partial charge in [-0.05, 0) is 25.0 Å². The van der Waals surface area contributed by atoms with E-state index in [1.807, 2.05) is 44.0 Å². The van der Waals surface area contributed by atoms with E-state index < -0.39 is 5.97 Å². The third kappa shape index (κ3) is 2.98. The van der Waals surface area contributed by atoms with Crippen LogP contribution in [0.25, 0.3) is 0 Å². The lowest BCUT2D eigenvalue weighted by Gasteiger charge is -2.22. The number of hydrogen-bond donors (Lipinski definition) is 1. The third-order valence-corrected chi connectivity index (χ3v) is 2.48. The molecule has 0 amide bonds. The maximum absolute atomic E-state index is 10.5. The second-order valence-corrected chi connectivity index (χ2v) is 3.81. The number of anilines is 1. The van der Waals surface area contributed by atoms with Crippen LogP contribution in [0, 0.1) is 13.8 Å². The summed E-state index contributed by atoms with van der Waals surface area (Å²) < 4.78 is 0. The van der Waals surface area contributed by atoms with E-state index in [9.17, 15) is 4.79 Å². The van der Waals surface area contributed by atoms with Crippen LogP contribution < -0.4 is 4.90 Å². The van der Waals surface area contributed by atoms with Crippen LogP contribution in [0.4, 0.5) is 5.69 Å². The fourth-order valence-corrected chi connectivity index (χ4v) is 1.78. The van der Waals surface area contributed by atoms with E-state index in [2.05, 4.69) is 0 Å². The highest BCUT2D eigenvalue weighted by Gasteiger charge is 2.08. The van der Waals surface area contributed by atoms with E-state index in [-0.39, 0.29) is 6.42 Å². The van der Waals surface area contributed by atoms with Crippen LogP contribution in [0.2, 0.25) is 0 Å². The number of carbonyl (C=O) groups is 1. The van der Waals surface area contributed by atoms with E-state index in [1.54, 1.807) is 0 Å². The maximum Gasteiger partial charge on any atom is 0.305 e. The number of benzene rings is 1. The Morgan fingerprint density at radius 1 is 1.33 bits per heavy atom. The molecule has 3 heteroatoms. The van der Waals surface area contributed by atoms with Crippen LogP contribution in [0.5, 0.6) is 0 Å². The molecular formula is C12H17NO2. The molecule has 0 unspecified atom stereocenters. The monoisotopic (exact) mass is 207 g/mol. The van der Waals surface area contributed by atoms with E-state index in [0.717, 1.165) is 5.69 Å². The molecule has 1 aromatic carbocycles. The first kappa shape index (κ1) is 11.6. The van der Waals surface area contributed by atoms with Crippen molar-refractivity contribution in [1.29, 1.82) is 0 Å². The fourth-order valence-electron chi connectivity index (χ4n) is 1.78. The Balaban J connectivity index is 2.81. The lowest BCUT2D eigenvalue weighted by Crippen LogP contribution is -2.22. The second-order valence-electron chi connectivity index (χ2n) is 3.81. The highest BCUT2D eigenvalue weighted by Crippen LogP contribution is 2.23. The minimum absolute atomic E-state index is 0.171. The van der Waals surface area contributed by atoms with Gasteiger partial charge in [0, 0.05) is 19.3 Å². The van der Waals surface area contributed by atoms with Crippen LogP contribution in [0.1, 0.15) is 17.5 Å². The topological polar surface area (TPSA) is 40.5 Å². The zero-order valence-electron chi connectivity index (χ0n) is 9.45. The summed E-state index contributed by atoms with van der Waals surface area (Å²) in [5.74, 6) is -0.756. The van der Waals surface area contributed by atoms with Crippen molar-refractivity contribution in [3.05, 3.63) is 29.3 Å². The highest BCUT2D eigenvalue weighted by molar-refractivity contribution is 5.68. The van der Waals surface area contributed by atoms with Crippen molar-refractivity contribution in [2.45, 2.75) is 20.3 Å². The van der Waals surface area contributed by atoms with Crippen LogP contribution in [0.15, 0.2) is 18.2 Å². The quantitative estimate of drug-likeness (QED) is 0.823. The summed E-state index contributed by atoms with van der Waals surface area (Å²) in [6, 6.07) is 6.10. The molecule has 1 N–H and O–H groups in total. The Morgan fingerprint density at radius 2 is 1.87 bits per heavy atom. The van der Waals surface area contributed by atoms with Crippen LogP contribution in [-0.2, 0) is 4.79 Å². The molecule has 0 spiro atoms. The number of aliphatic carboxylic acids is 1. The third-order valence-electron chi connectivity index (χ3n) is 2.48. The number of para-hydroxylation sites is 1. The molecule has 0 fully saturated rings. The summed E-state index contributed by atoms with van der Waals surface area (Å²) >= 11 is 0. The molecule has 0 aliphatic heterocycles. The molecule has 0 aliphatic rings. The summed E-state index contributed by atoms with van der Waals surface area (Å²) in [5, 5.41) is 8.62. The molecule has 3 nitrogen and oxygen atoms in total. The van der Waals surface area contributed by atoms with Gasteiger partial charge in [-0.1, -0.05) is 18.2 Å². The van der Waals surface area contributed by atoms with Gasteiger partial charge in [-0.2, -0.15) is 0 Å². The summed E-state index contributed by atoms with van der Waals surface area (Å²) in [7, 11) is 1.93. The largest absolute Gasteiger partial charge is 0.481 e. The number of carboxylic acid groups (broad SMARTS) is 1. The lowest BCUT2D eigenvalue weighted by atomic mass is 10.1. The molecule has 0 aliphatic carbocycles. The highest BCUT2D eigenvalue weighted by atomic mass is 16.4. The average Bonchev–Trinajstić information content (AvgIpc) is 2.14. The van der Waals surface area contributed by atoms with Gasteiger partial charge in [-0.15, -0.1) is 0 Å². The van der Waals surface area contributed by atoms with Crippen LogP contribution >= 0.6 is 0 Å². The first-order valence-corrected chi connectivity index (χ1v) is 5.01. The van der Waals surface area contributed by atoms with E-state index >= 15 is 0 Å². The maximum atomic E-state index is 10.5. The van der Waals surface area contributed by atoms with Gasteiger partial charge in [-0.3, -0.25) is 4.79 Å². The van der Waals surface area contributed by atoms with Crippen molar-refractivity contribution in [3.8, 4) is 0 Å². The van der Waals surface area contributed by atoms with Gasteiger partial charge in [0.15, 0.2) is 0 Å². The van der Waals surface area contributed by atoms with Gasteiger partial charge < -0.3 is 10.0 Å². The first-order chi connectivity index (χ1) is 7.02. The number of rotatable bonds is 4. The summed E-state index contributed by atoms with van der Waals surface area (Å²) in [4.78, 5) is 12.5. The van der Waals surface area contributed by atoms with Gasteiger partial charge in [0.1, 0.15) is 0 Å². The Morgan fingerprint density at radius 3 is 2.33 bits per heavy atom. The predicted molar refractivity (Wildman–Crippen MR) is 61.4 cm³/mol. The zero-order valence-corrected chi connectivity index (χ0v) is 9.45. The minimum atomic E-state index is -0.756. The van der Waals surface area contributed by atoms with Gasteiger partial charge in [0.25, 0.3) is 0 Å². The molecule has 0 bridgehead atoms. The Bertz CT molecular complexity index is 340. The summed E-state index contributed by atoms with van der Waals surface area (Å²) in [5.41, 5.74) is 3.50. The minimum Gasteiger partial charge on any atom is -0.481 e. The normalized spacial score (nSPS) is 10.1. The fraction of sp³-hybridized carbons (Fsp3) is 0.417. The Labute approximate surface area is 90.3 Å². The van der Waals surface area contributed by atoms with Crippen molar-refractivity contribution in [1.82, 2.24) is 0 Å². The van der Waals surface area contributed by atoms with Crippen molar-refractivity contribution in [3.63, 3.8) is 0 Å². The van der Waals surface area contributed by atoms with Crippen molar-refractivity contribution in [2.75, 3.05) is 18.5 Å². The number of nitrogens with zero attached hydrogens (tertiary/aromatic N) is 1. The molecule has 0 saturated carbocycles. The standard InChI is InChI=1S/C12H17NO2/c1-9-5-4-6-10(2)12(9)13(3)8-7-11(14)15/h4-6H,7-8H2,1-3H3,(H,14,15). The Hall–Kier alpha value is -1.51. The van der Waals surface area contributed by atoms with Crippen molar-refractivity contribution >= 4 is 11.7 Å². The van der Waals surface area contributed by atoms with Crippen LogP contribution in [-0.4, -0.2) is 24.7 Å². The number of aryl methyl sites for hydroxylation is 2. The molecular weight excluding hydrogens is 190 g/mol. The van der Waals surface area contributed by atoms with Gasteiger partial charge >= 0.3 is 5.97 Å². The Kier molecular flexibility index (Phi) is 3.72. The molecule has 0 radical (unpaired) electrons. The first-order valence-electron chi connectivity index (χ1n) is 5.01. The van der Waals surface area contributed by atoms with Crippen molar-refractivity contribution < 1.29 is 9.90 Å². The summed E-state index contributed by atoms with van der Waals surface area (Å²) in [6.45, 7) is 4.63. The molecule has 0 saturated heterocycles. The second kappa shape index (κ2) is 4.82. The average molecular weight is 207 g/mol. The molecule has 0 atom stereocenters. The number of hydrogen-bond acceptors (Lipinski definition) is 2. The molecule has 0 aromatic heterocycles. The van der Waals surface area contributed by atoms with E-state index in [4.69, 9.17) is 5.11 Å². The predicted octanol–water partition coefficient (Wildman–Crippen LogP) is 2.21. The van der Waals surface area contributed by atoms with E-state index in [0.29, 0.717) is 6.54 Å². The smallest absolute Gasteiger partial charge is 0.305 e. The van der Waals surface area contributed by atoms with Gasteiger partial charge in [0.2, 0.25) is 0 Å². The zero-order chi connectivity index (χ0) is 11.4. The lowest BCUT2D eigenvalue weighted by molar-refractivity contribution is -0.136. The van der Waals surface area contributed by atoms with Gasteiger partial charge in [-0.25, -0.2) is 0 Å². The molecule has 15 heavy (non-hydrogen) atoms.